The highest BCUT2D eigenvalue weighted by Gasteiger charge is 2.31. The molecule has 2 aromatic rings. The van der Waals surface area contributed by atoms with Crippen LogP contribution in [0.15, 0.2) is 36.4 Å². The van der Waals surface area contributed by atoms with E-state index in [1.54, 1.807) is 0 Å². The van der Waals surface area contributed by atoms with Crippen LogP contribution in [0.2, 0.25) is 0 Å². The fourth-order valence-corrected chi connectivity index (χ4v) is 4.44. The molecule has 1 aliphatic heterocycles. The first kappa shape index (κ1) is 18.9. The quantitative estimate of drug-likeness (QED) is 0.619. The van der Waals surface area contributed by atoms with E-state index in [0.29, 0.717) is 0 Å². The summed E-state index contributed by atoms with van der Waals surface area (Å²) in [6, 6.07) is 13.3. The monoisotopic (exact) mass is 366 g/mol. The van der Waals surface area contributed by atoms with Crippen LogP contribution in [-0.4, -0.2) is 18.2 Å². The molecule has 0 unspecified atom stereocenters. The van der Waals surface area contributed by atoms with Gasteiger partial charge in [-0.25, -0.2) is 0 Å². The van der Waals surface area contributed by atoms with Crippen molar-refractivity contribution in [2.45, 2.75) is 53.4 Å². The van der Waals surface area contributed by atoms with Crippen molar-refractivity contribution in [3.8, 4) is 0 Å². The van der Waals surface area contributed by atoms with Gasteiger partial charge >= 0.3 is 0 Å². The van der Waals surface area contributed by atoms with Gasteiger partial charge in [0.1, 0.15) is 0 Å². The van der Waals surface area contributed by atoms with Crippen molar-refractivity contribution in [2.75, 3.05) is 22.9 Å². The number of aryl methyl sites for hydroxylation is 4. The van der Waals surface area contributed by atoms with Crippen molar-refractivity contribution in [3.05, 3.63) is 58.7 Å². The third-order valence-corrected chi connectivity index (χ3v) is 5.92. The molecule has 1 saturated heterocycles. The van der Waals surface area contributed by atoms with Gasteiger partial charge < -0.3 is 9.80 Å². The first-order valence-electron chi connectivity index (χ1n) is 9.96. The maximum atomic E-state index is 6.01. The summed E-state index contributed by atoms with van der Waals surface area (Å²) in [5, 5.41) is 0.955. The predicted molar refractivity (Wildman–Crippen MR) is 118 cm³/mol. The Morgan fingerprint density at radius 3 is 1.23 bits per heavy atom. The average Bonchev–Trinajstić information content (AvgIpc) is 3.06. The molecular weight excluding hydrogens is 336 g/mol. The van der Waals surface area contributed by atoms with Crippen molar-refractivity contribution < 1.29 is 0 Å². The van der Waals surface area contributed by atoms with Crippen LogP contribution in [0.1, 0.15) is 49.9 Å². The van der Waals surface area contributed by atoms with Crippen molar-refractivity contribution in [3.63, 3.8) is 0 Å². The Morgan fingerprint density at radius 2 is 0.962 bits per heavy atom. The lowest BCUT2D eigenvalue weighted by molar-refractivity contribution is 0.974. The Labute approximate surface area is 163 Å². The largest absolute Gasteiger partial charge is 0.316 e. The fraction of sp³-hybridized carbons (Fsp3) is 0.435. The lowest BCUT2D eigenvalue weighted by atomic mass is 10.0. The van der Waals surface area contributed by atoms with Crippen molar-refractivity contribution in [1.29, 1.82) is 0 Å². The zero-order chi connectivity index (χ0) is 18.7. The van der Waals surface area contributed by atoms with Gasteiger partial charge in [-0.2, -0.15) is 0 Å². The lowest BCUT2D eigenvalue weighted by Gasteiger charge is -2.28. The molecule has 0 aliphatic carbocycles. The van der Waals surface area contributed by atoms with Crippen LogP contribution >= 0.6 is 12.2 Å². The van der Waals surface area contributed by atoms with Gasteiger partial charge in [0.25, 0.3) is 0 Å². The molecule has 26 heavy (non-hydrogen) atoms. The maximum Gasteiger partial charge on any atom is 0.180 e. The van der Waals surface area contributed by atoms with E-state index in [1.807, 2.05) is 0 Å². The second-order valence-electron chi connectivity index (χ2n) is 6.85. The number of hydrogen-bond acceptors (Lipinski definition) is 1. The zero-order valence-electron chi connectivity index (χ0n) is 16.5. The van der Waals surface area contributed by atoms with E-state index >= 15 is 0 Å². The smallest absolute Gasteiger partial charge is 0.180 e. The van der Waals surface area contributed by atoms with Gasteiger partial charge in [-0.3, -0.25) is 0 Å². The Balaban J connectivity index is 2.03. The van der Waals surface area contributed by atoms with Crippen LogP contribution in [0.25, 0.3) is 0 Å². The number of rotatable bonds is 6. The minimum absolute atomic E-state index is 0.955. The molecule has 0 bridgehead atoms. The molecule has 0 amide bonds. The van der Waals surface area contributed by atoms with Crippen LogP contribution in [0.5, 0.6) is 0 Å². The topological polar surface area (TPSA) is 6.48 Å². The Bertz CT molecular complexity index is 687. The third kappa shape index (κ3) is 3.25. The van der Waals surface area contributed by atoms with E-state index in [-0.39, 0.29) is 0 Å². The second kappa shape index (κ2) is 8.22. The normalized spacial score (nSPS) is 14.4. The second-order valence-corrected chi connectivity index (χ2v) is 7.21. The van der Waals surface area contributed by atoms with Gasteiger partial charge in [0.05, 0.1) is 0 Å². The van der Waals surface area contributed by atoms with E-state index in [4.69, 9.17) is 12.2 Å². The van der Waals surface area contributed by atoms with Crippen molar-refractivity contribution in [2.24, 2.45) is 0 Å². The molecule has 0 radical (unpaired) electrons. The van der Waals surface area contributed by atoms with E-state index in [1.165, 1.54) is 33.6 Å². The van der Waals surface area contributed by atoms with E-state index in [9.17, 15) is 0 Å². The summed E-state index contributed by atoms with van der Waals surface area (Å²) in [5.74, 6) is 0. The SMILES string of the molecule is CCc1cccc(CC)c1N1CCN(c2c(CC)cccc2CC)C1=S. The summed E-state index contributed by atoms with van der Waals surface area (Å²) in [4.78, 5) is 4.75. The number of nitrogens with zero attached hydrogens (tertiary/aromatic N) is 2. The molecule has 0 spiro atoms. The first-order chi connectivity index (χ1) is 12.7. The van der Waals surface area contributed by atoms with Crippen LogP contribution in [0.4, 0.5) is 11.4 Å². The van der Waals surface area contributed by atoms with E-state index < -0.39 is 0 Å². The Kier molecular flexibility index (Phi) is 5.98. The van der Waals surface area contributed by atoms with E-state index in [2.05, 4.69) is 73.9 Å². The summed E-state index contributed by atoms with van der Waals surface area (Å²) >= 11 is 6.01. The molecule has 0 N–H and O–H groups in total. The molecule has 2 nitrogen and oxygen atoms in total. The highest BCUT2D eigenvalue weighted by Crippen LogP contribution is 2.35. The van der Waals surface area contributed by atoms with Crippen LogP contribution in [0.3, 0.4) is 0 Å². The molecule has 0 atom stereocenters. The van der Waals surface area contributed by atoms with Gasteiger partial charge in [0.15, 0.2) is 5.11 Å². The summed E-state index contributed by atoms with van der Waals surface area (Å²) in [7, 11) is 0. The minimum Gasteiger partial charge on any atom is -0.316 e. The number of para-hydroxylation sites is 2. The number of thiocarbonyl (C=S) groups is 1. The summed E-state index contributed by atoms with van der Waals surface area (Å²) in [5.41, 5.74) is 8.27. The third-order valence-electron chi connectivity index (χ3n) is 5.48. The van der Waals surface area contributed by atoms with Gasteiger partial charge in [0, 0.05) is 24.5 Å². The van der Waals surface area contributed by atoms with Gasteiger partial charge in [-0.1, -0.05) is 64.1 Å². The van der Waals surface area contributed by atoms with Crippen LogP contribution in [-0.2, 0) is 25.7 Å². The molecule has 0 saturated carbocycles. The molecule has 2 aromatic carbocycles. The lowest BCUT2D eigenvalue weighted by Crippen LogP contribution is -2.33. The molecule has 1 heterocycles. The first-order valence-corrected chi connectivity index (χ1v) is 10.4. The van der Waals surface area contributed by atoms with Crippen LogP contribution < -0.4 is 9.80 Å². The van der Waals surface area contributed by atoms with Crippen molar-refractivity contribution >= 4 is 28.7 Å². The molecule has 1 aliphatic rings. The van der Waals surface area contributed by atoms with Gasteiger partial charge in [-0.05, 0) is 60.2 Å². The molecule has 0 aromatic heterocycles. The van der Waals surface area contributed by atoms with Gasteiger partial charge in [0.2, 0.25) is 0 Å². The average molecular weight is 367 g/mol. The molecular formula is C23H30N2S. The zero-order valence-corrected chi connectivity index (χ0v) is 17.3. The number of benzene rings is 2. The summed E-state index contributed by atoms with van der Waals surface area (Å²) in [6.07, 6.45) is 4.14. The molecule has 1 fully saturated rings. The molecule has 3 rings (SSSR count). The maximum absolute atomic E-state index is 6.01. The number of hydrogen-bond donors (Lipinski definition) is 0. The van der Waals surface area contributed by atoms with Crippen LogP contribution in [0, 0.1) is 0 Å². The minimum atomic E-state index is 0.955. The molecule has 3 heteroatoms. The van der Waals surface area contributed by atoms with Gasteiger partial charge in [-0.15, -0.1) is 0 Å². The summed E-state index contributed by atoms with van der Waals surface area (Å²) in [6.45, 7) is 10.9. The predicted octanol–water partition coefficient (Wildman–Crippen LogP) is 5.55. The summed E-state index contributed by atoms with van der Waals surface area (Å²) < 4.78 is 0. The highest BCUT2D eigenvalue weighted by atomic mass is 32.1. The molecule has 138 valence electrons. The number of anilines is 2. The Morgan fingerprint density at radius 1 is 0.654 bits per heavy atom. The van der Waals surface area contributed by atoms with E-state index in [0.717, 1.165) is 43.9 Å². The Hall–Kier alpha value is -1.87. The van der Waals surface area contributed by atoms with Crippen molar-refractivity contribution in [1.82, 2.24) is 0 Å². The highest BCUT2D eigenvalue weighted by molar-refractivity contribution is 7.80. The fourth-order valence-electron chi connectivity index (χ4n) is 4.08. The standard InChI is InChI=1S/C23H30N2S/c1-5-17-11-9-12-18(6-2)21(17)24-15-16-25(23(24)26)22-19(7-3)13-10-14-20(22)8-4/h9-14H,5-8,15-16H2,1-4H3.